The number of aryl methyl sites for hydroxylation is 4. The molecule has 9 heterocycles. The minimum atomic E-state index is -2.30. The summed E-state index contributed by atoms with van der Waals surface area (Å²) in [7, 11) is -4.79. The Kier molecular flexibility index (Phi) is 21.0. The Balaban J connectivity index is 0.000000145. The molecular formula is C107H97N12Pt3Si3-3. The SMILES string of the molecule is [2H]C([2H])([2H])c1ccnc(-n2c3[c-]c([Si](C)(C)c4[c-]c(-n5[cH+]n(C(C)(C)C)c6ccccc65)ccc4)ccc3c3ccccc32)c1.[2H]C([2H])([2H])c1ccnc(-n2c3[c-]c([Si](C)(C)c4[c-]c(-n5[cH+]n(C(C)C)c6ccccc65)ccc4)ccc3c3ccccc32)c1.[2H]C([2H])([2H])c1ccnc(-n2c3[c-]c([Si](C)(C)c4[c-]c(-n5[cH+]n(C)c6ccccc65)ccc4)ccc3c3ccccc32)c1.[Pt].[Pt].[Pt]. The van der Waals surface area contributed by atoms with Crippen molar-refractivity contribution < 1.29 is 75.5 Å². The second kappa shape index (κ2) is 34.5. The predicted molar refractivity (Wildman–Crippen MR) is 517 cm³/mol. The number of rotatable bonds is 13. The van der Waals surface area contributed by atoms with Crippen LogP contribution in [0.25, 0.3) is 133 Å². The van der Waals surface area contributed by atoms with E-state index >= 15 is 0 Å². The van der Waals surface area contributed by atoms with Gasteiger partial charge in [-0.05, 0) is 179 Å². The van der Waals surface area contributed by atoms with Gasteiger partial charge in [-0.25, -0.2) is 42.4 Å². The molecule has 9 aromatic heterocycles. The molecule has 0 unspecified atom stereocenters. The van der Waals surface area contributed by atoms with E-state index in [9.17, 15) is 0 Å². The Bertz CT molecular complexity index is 8070. The van der Waals surface area contributed by atoms with Crippen molar-refractivity contribution >= 4 is 154 Å². The van der Waals surface area contributed by atoms with Crippen molar-refractivity contribution in [3.63, 3.8) is 0 Å². The zero-order valence-corrected chi connectivity index (χ0v) is 81.2. The summed E-state index contributed by atoms with van der Waals surface area (Å²) in [5.41, 5.74) is 16.3. The summed E-state index contributed by atoms with van der Waals surface area (Å²) in [6.07, 6.45) is 11.2. The first kappa shape index (κ1) is 76.1. The summed E-state index contributed by atoms with van der Waals surface area (Å²) in [5.74, 6) is 1.72. The van der Waals surface area contributed by atoms with Gasteiger partial charge in [-0.2, -0.15) is 122 Å². The fourth-order valence-corrected chi connectivity index (χ4v) is 24.0. The largest absolute Gasteiger partial charge is 0.319 e. The van der Waals surface area contributed by atoms with E-state index < -0.39 is 44.8 Å². The number of benzene rings is 12. The average Bonchev–Trinajstić information content (AvgIpc) is 1.61. The van der Waals surface area contributed by atoms with E-state index in [1.165, 1.54) is 26.6 Å². The van der Waals surface area contributed by atoms with E-state index in [2.05, 4.69) is 373 Å². The average molecular weight is 2230 g/mol. The Hall–Kier alpha value is -11.4. The number of imidazole rings is 3. The van der Waals surface area contributed by atoms with Crippen LogP contribution in [0.2, 0.25) is 39.3 Å². The first-order valence-corrected chi connectivity index (χ1v) is 50.4. The molecule has 0 bridgehead atoms. The molecule has 18 heteroatoms. The van der Waals surface area contributed by atoms with Gasteiger partial charge in [0.2, 0.25) is 0 Å². The maximum Gasteiger partial charge on any atom is 0.188 e. The van der Waals surface area contributed by atoms with Crippen molar-refractivity contribution in [3.8, 4) is 34.5 Å². The Morgan fingerprint density at radius 3 is 0.984 bits per heavy atom. The van der Waals surface area contributed by atoms with Crippen molar-refractivity contribution in [2.45, 2.75) is 106 Å². The van der Waals surface area contributed by atoms with E-state index in [1.54, 1.807) is 55.0 Å². The maximum absolute atomic E-state index is 7.98. The minimum absolute atomic E-state index is 0. The third kappa shape index (κ3) is 15.8. The summed E-state index contributed by atoms with van der Waals surface area (Å²) in [6.45, 7) is 18.4. The third-order valence-electron chi connectivity index (χ3n) is 24.2. The Morgan fingerprint density at radius 1 is 0.320 bits per heavy atom. The fourth-order valence-electron chi connectivity index (χ4n) is 17.5. The van der Waals surface area contributed by atoms with Crippen molar-refractivity contribution in [2.75, 3.05) is 0 Å². The molecule has 12 nitrogen and oxygen atoms in total. The molecule has 0 aliphatic heterocycles. The Labute approximate surface area is 790 Å². The van der Waals surface area contributed by atoms with Gasteiger partial charge in [-0.15, -0.1) is 52.6 Å². The topological polar surface area (TPSA) is 83.0 Å². The van der Waals surface area contributed by atoms with E-state index in [0.29, 0.717) is 23.5 Å². The summed E-state index contributed by atoms with van der Waals surface area (Å²) < 4.78 is 91.2. The van der Waals surface area contributed by atoms with Gasteiger partial charge in [0, 0.05) is 171 Å². The van der Waals surface area contributed by atoms with Crippen LogP contribution in [-0.4, -0.2) is 80.3 Å². The molecular weight excluding hydrogens is 2120 g/mol. The molecule has 0 aliphatic rings. The molecule has 0 aliphatic carbocycles. The molecule has 0 spiro atoms. The van der Waals surface area contributed by atoms with Gasteiger partial charge in [0.05, 0.1) is 35.8 Å². The zero-order chi connectivity index (χ0) is 91.8. The summed E-state index contributed by atoms with van der Waals surface area (Å²) in [4.78, 5) is 13.9. The number of pyridine rings is 3. The van der Waals surface area contributed by atoms with Crippen LogP contribution < -0.4 is 31.1 Å². The first-order chi connectivity index (χ1) is 62.5. The van der Waals surface area contributed by atoms with Crippen molar-refractivity contribution in [1.29, 1.82) is 0 Å². The standard InChI is InChI=1S/C37H35N4Si.C36H33N4Si.C34H29N4Si.3Pt/c1-26-20-21-38-36(22-26)41-32-15-8-7-14-30(32)31-19-18-29(24-35(31)41)42(5,6)28-13-11-12-27(23-28)39-25-40(37(2,3)4)34-17-10-9-16-33(34)39;1-25(2)38-24-39(34-16-9-8-15-33(34)38)27-11-10-12-28(22-27)41(4,5)29-17-18-31-30-13-6-7-14-32(30)40(35(31)23-29)36-21-26(3)19-20-37-36;1-24-18-19-35-34(20-24)38-30-13-6-5-12-28(30)29-17-16-27(22-33(29)38)39(3,4)26-11-9-10-25(21-26)37-23-36(2)31-14-7-8-15-32(31)37;;;/h7-22,25H,1-6H3;6-21,24-25H,1-5H3;5-20,23H,1-4H3;;;/q3*-1;;;/i1D3;3D3;1D3;;;. The number of hydrogen-bond donors (Lipinski definition) is 0. The molecule has 125 heavy (non-hydrogen) atoms. The smallest absolute Gasteiger partial charge is 0.188 e. The summed E-state index contributed by atoms with van der Waals surface area (Å²) >= 11 is 0. The predicted octanol–water partition coefficient (Wildman–Crippen LogP) is 21.7. The molecule has 12 aromatic carbocycles. The van der Waals surface area contributed by atoms with Gasteiger partial charge in [0.15, 0.2) is 52.1 Å². The van der Waals surface area contributed by atoms with Crippen LogP contribution in [0.4, 0.5) is 0 Å². The number of para-hydroxylation sites is 9. The molecule has 0 saturated heterocycles. The van der Waals surface area contributed by atoms with Crippen LogP contribution in [-0.2, 0) is 75.8 Å². The van der Waals surface area contributed by atoms with Crippen molar-refractivity contribution in [3.05, 3.63) is 364 Å². The normalized spacial score (nSPS) is 13.4. The van der Waals surface area contributed by atoms with E-state index in [1.807, 2.05) is 56.2 Å². The fraction of sp³-hybridized carbons (Fsp3) is 0.159. The zero-order valence-electron chi connectivity index (χ0n) is 80.3. The van der Waals surface area contributed by atoms with Gasteiger partial charge < -0.3 is 13.7 Å². The molecule has 21 aromatic rings. The van der Waals surface area contributed by atoms with Crippen LogP contribution in [0.1, 0.15) is 69.7 Å². The number of nitrogens with zero attached hydrogens (tertiary/aromatic N) is 12. The maximum atomic E-state index is 7.98. The molecule has 0 amide bonds. The van der Waals surface area contributed by atoms with Crippen LogP contribution in [0.5, 0.6) is 0 Å². The molecule has 0 N–H and O–H groups in total. The van der Waals surface area contributed by atoms with Gasteiger partial charge >= 0.3 is 0 Å². The molecule has 0 radical (unpaired) electrons. The molecule has 0 saturated carbocycles. The quantitative estimate of drug-likeness (QED) is 0.0852. The second-order valence-electron chi connectivity index (χ2n) is 34.5. The van der Waals surface area contributed by atoms with E-state index in [0.717, 1.165) is 120 Å². The number of fused-ring (bicyclic) bond motifs is 12. The van der Waals surface area contributed by atoms with Gasteiger partial charge in [0.1, 0.15) is 17.5 Å². The first-order valence-electron chi connectivity index (χ1n) is 45.9. The molecule has 630 valence electrons. The monoisotopic (exact) mass is 2230 g/mol. The second-order valence-corrected chi connectivity index (χ2v) is 47.5. The van der Waals surface area contributed by atoms with E-state index in [4.69, 9.17) is 12.3 Å². The molecule has 21 rings (SSSR count). The number of aromatic nitrogens is 12. The van der Waals surface area contributed by atoms with Crippen molar-refractivity contribution in [1.82, 2.24) is 56.1 Å². The van der Waals surface area contributed by atoms with Crippen LogP contribution in [0.3, 0.4) is 0 Å². The van der Waals surface area contributed by atoms with Gasteiger partial charge in [0.25, 0.3) is 0 Å². The van der Waals surface area contributed by atoms with Crippen LogP contribution in [0.15, 0.2) is 311 Å². The van der Waals surface area contributed by atoms with Gasteiger partial charge in [-0.3, -0.25) is 0 Å². The van der Waals surface area contributed by atoms with Gasteiger partial charge in [-0.1, -0.05) is 110 Å². The Morgan fingerprint density at radius 2 is 0.624 bits per heavy atom. The molecule has 0 fully saturated rings. The number of hydrogen-bond acceptors (Lipinski definition) is 3. The third-order valence-corrected chi connectivity index (χ3v) is 34.0. The van der Waals surface area contributed by atoms with E-state index in [-0.39, 0.29) is 85.4 Å². The van der Waals surface area contributed by atoms with Crippen LogP contribution >= 0.6 is 0 Å². The van der Waals surface area contributed by atoms with Crippen LogP contribution in [0, 0.1) is 57.0 Å². The minimum Gasteiger partial charge on any atom is -0.319 e. The molecule has 0 atom stereocenters. The summed E-state index contributed by atoms with van der Waals surface area (Å²) in [6, 6.07) is 115. The van der Waals surface area contributed by atoms with Crippen molar-refractivity contribution in [2.24, 2.45) is 7.05 Å². The summed E-state index contributed by atoms with van der Waals surface area (Å²) in [5, 5.41) is 13.4.